The number of hydrogen-bond donors (Lipinski definition) is 1. The molecule has 90 valence electrons. The van der Waals surface area contributed by atoms with Crippen molar-refractivity contribution in [1.29, 1.82) is 0 Å². The molecule has 0 fully saturated rings. The van der Waals surface area contributed by atoms with E-state index in [9.17, 15) is 4.39 Å². The monoisotopic (exact) mass is 233 g/mol. The number of benzene rings is 1. The Morgan fingerprint density at radius 1 is 1.41 bits per heavy atom. The van der Waals surface area contributed by atoms with Crippen molar-refractivity contribution in [2.24, 2.45) is 0 Å². The summed E-state index contributed by atoms with van der Waals surface area (Å²) in [6, 6.07) is 4.85. The molecule has 0 aliphatic carbocycles. The molecule has 0 aliphatic heterocycles. The van der Waals surface area contributed by atoms with Crippen LogP contribution in [-0.2, 0) is 13.1 Å². The van der Waals surface area contributed by atoms with Crippen LogP contribution in [-0.4, -0.2) is 16.8 Å². The summed E-state index contributed by atoms with van der Waals surface area (Å²) in [4.78, 5) is 0. The maximum atomic E-state index is 13.0. The second-order valence-corrected chi connectivity index (χ2v) is 4.15. The van der Waals surface area contributed by atoms with E-state index >= 15 is 0 Å². The van der Waals surface area contributed by atoms with E-state index in [-0.39, 0.29) is 5.82 Å². The van der Waals surface area contributed by atoms with Gasteiger partial charge in [-0.1, -0.05) is 6.07 Å². The van der Waals surface area contributed by atoms with Gasteiger partial charge in [0.05, 0.1) is 12.7 Å². The molecule has 1 aromatic carbocycles. The summed E-state index contributed by atoms with van der Waals surface area (Å²) in [5.41, 5.74) is 3.19. The Kier molecular flexibility index (Phi) is 3.54. The van der Waals surface area contributed by atoms with Crippen LogP contribution in [0.15, 0.2) is 30.6 Å². The Hall–Kier alpha value is -1.68. The zero-order chi connectivity index (χ0) is 12.3. The van der Waals surface area contributed by atoms with Gasteiger partial charge in [0, 0.05) is 18.3 Å². The van der Waals surface area contributed by atoms with Crippen LogP contribution in [0.5, 0.6) is 0 Å². The molecule has 2 rings (SSSR count). The Labute approximate surface area is 100 Å². The number of nitrogens with zero attached hydrogens (tertiary/aromatic N) is 2. The molecule has 0 amide bonds. The lowest BCUT2D eigenvalue weighted by atomic mass is 10.1. The first-order chi connectivity index (χ1) is 8.19. The van der Waals surface area contributed by atoms with Crippen molar-refractivity contribution in [3.05, 3.63) is 53.1 Å². The molecule has 2 aromatic rings. The van der Waals surface area contributed by atoms with Gasteiger partial charge in [-0.3, -0.25) is 4.68 Å². The van der Waals surface area contributed by atoms with Gasteiger partial charge in [0.25, 0.3) is 0 Å². The molecular formula is C13H16FN3. The third kappa shape index (κ3) is 2.91. The van der Waals surface area contributed by atoms with E-state index in [1.54, 1.807) is 6.07 Å². The van der Waals surface area contributed by atoms with E-state index in [2.05, 4.69) is 10.4 Å². The number of hydrogen-bond acceptors (Lipinski definition) is 2. The van der Waals surface area contributed by atoms with Crippen molar-refractivity contribution in [2.75, 3.05) is 7.05 Å². The fourth-order valence-corrected chi connectivity index (χ4v) is 1.80. The first kappa shape index (κ1) is 11.8. The minimum absolute atomic E-state index is 0.192. The fraction of sp³-hybridized carbons (Fsp3) is 0.308. The summed E-state index contributed by atoms with van der Waals surface area (Å²) in [5, 5.41) is 7.35. The summed E-state index contributed by atoms with van der Waals surface area (Å²) in [6.45, 7) is 3.40. The second kappa shape index (κ2) is 5.10. The van der Waals surface area contributed by atoms with Crippen molar-refractivity contribution in [3.63, 3.8) is 0 Å². The number of nitrogens with one attached hydrogen (secondary N) is 1. The Bertz CT molecular complexity index is 505. The maximum absolute atomic E-state index is 13.0. The molecule has 0 radical (unpaired) electrons. The molecule has 0 saturated carbocycles. The molecule has 0 spiro atoms. The van der Waals surface area contributed by atoms with E-state index in [1.165, 1.54) is 6.07 Å². The maximum Gasteiger partial charge on any atom is 0.123 e. The van der Waals surface area contributed by atoms with E-state index in [0.29, 0.717) is 6.54 Å². The van der Waals surface area contributed by atoms with Gasteiger partial charge in [0.1, 0.15) is 5.82 Å². The second-order valence-electron chi connectivity index (χ2n) is 4.15. The summed E-state index contributed by atoms with van der Waals surface area (Å²) in [5.74, 6) is -0.192. The lowest BCUT2D eigenvalue weighted by molar-refractivity contribution is 0.622. The Morgan fingerprint density at radius 2 is 2.24 bits per heavy atom. The van der Waals surface area contributed by atoms with Crippen LogP contribution in [0.2, 0.25) is 0 Å². The number of aryl methyl sites for hydroxylation is 1. The molecule has 0 atom stereocenters. The van der Waals surface area contributed by atoms with Crippen molar-refractivity contribution in [3.8, 4) is 0 Å². The van der Waals surface area contributed by atoms with Crippen LogP contribution in [0.3, 0.4) is 0 Å². The SMILES string of the molecule is CNCc1cnn(Cc2ccc(F)cc2C)c1. The van der Waals surface area contributed by atoms with Gasteiger partial charge >= 0.3 is 0 Å². The average molecular weight is 233 g/mol. The van der Waals surface area contributed by atoms with Gasteiger partial charge in [0.15, 0.2) is 0 Å². The highest BCUT2D eigenvalue weighted by molar-refractivity contribution is 5.26. The van der Waals surface area contributed by atoms with Crippen molar-refractivity contribution in [1.82, 2.24) is 15.1 Å². The lowest BCUT2D eigenvalue weighted by Gasteiger charge is -2.05. The standard InChI is InChI=1S/C13H16FN3/c1-10-5-13(14)4-3-12(10)9-17-8-11(6-15-2)7-16-17/h3-5,7-8,15H,6,9H2,1-2H3. The molecule has 1 N–H and O–H groups in total. The topological polar surface area (TPSA) is 29.9 Å². The Balaban J connectivity index is 2.13. The third-order valence-electron chi connectivity index (χ3n) is 2.70. The largest absolute Gasteiger partial charge is 0.316 e. The number of halogens is 1. The molecule has 0 saturated heterocycles. The first-order valence-electron chi connectivity index (χ1n) is 5.60. The van der Waals surface area contributed by atoms with Gasteiger partial charge in [-0.15, -0.1) is 0 Å². The fourth-order valence-electron chi connectivity index (χ4n) is 1.80. The van der Waals surface area contributed by atoms with Gasteiger partial charge in [-0.2, -0.15) is 5.10 Å². The van der Waals surface area contributed by atoms with Crippen molar-refractivity contribution >= 4 is 0 Å². The lowest BCUT2D eigenvalue weighted by Crippen LogP contribution is -2.04. The highest BCUT2D eigenvalue weighted by Gasteiger charge is 2.03. The van der Waals surface area contributed by atoms with E-state index in [1.807, 2.05) is 37.1 Å². The highest BCUT2D eigenvalue weighted by atomic mass is 19.1. The minimum Gasteiger partial charge on any atom is -0.316 e. The summed E-state index contributed by atoms with van der Waals surface area (Å²) in [7, 11) is 1.90. The van der Waals surface area contributed by atoms with Gasteiger partial charge in [-0.25, -0.2) is 4.39 Å². The average Bonchev–Trinajstić information content (AvgIpc) is 2.71. The molecule has 0 aliphatic rings. The zero-order valence-corrected chi connectivity index (χ0v) is 10.1. The van der Waals surface area contributed by atoms with Crippen LogP contribution in [0.4, 0.5) is 4.39 Å². The van der Waals surface area contributed by atoms with Gasteiger partial charge in [-0.05, 0) is 37.2 Å². The zero-order valence-electron chi connectivity index (χ0n) is 10.1. The normalized spacial score (nSPS) is 10.8. The van der Waals surface area contributed by atoms with Gasteiger partial charge < -0.3 is 5.32 Å². The predicted octanol–water partition coefficient (Wildman–Crippen LogP) is 2.10. The molecule has 4 heteroatoms. The van der Waals surface area contributed by atoms with Crippen LogP contribution in [0, 0.1) is 12.7 Å². The van der Waals surface area contributed by atoms with E-state index < -0.39 is 0 Å². The molecular weight excluding hydrogens is 217 g/mol. The van der Waals surface area contributed by atoms with Crippen molar-refractivity contribution < 1.29 is 4.39 Å². The Morgan fingerprint density at radius 3 is 2.94 bits per heavy atom. The molecule has 3 nitrogen and oxygen atoms in total. The molecule has 0 bridgehead atoms. The summed E-state index contributed by atoms with van der Waals surface area (Å²) < 4.78 is 14.8. The summed E-state index contributed by atoms with van der Waals surface area (Å²) in [6.07, 6.45) is 3.84. The van der Waals surface area contributed by atoms with Crippen LogP contribution >= 0.6 is 0 Å². The van der Waals surface area contributed by atoms with E-state index in [0.717, 1.165) is 23.2 Å². The first-order valence-corrected chi connectivity index (χ1v) is 5.60. The molecule has 0 unspecified atom stereocenters. The quantitative estimate of drug-likeness (QED) is 0.876. The number of rotatable bonds is 4. The van der Waals surface area contributed by atoms with Gasteiger partial charge in [0.2, 0.25) is 0 Å². The van der Waals surface area contributed by atoms with Crippen LogP contribution in [0.25, 0.3) is 0 Å². The third-order valence-corrected chi connectivity index (χ3v) is 2.70. The van der Waals surface area contributed by atoms with Crippen molar-refractivity contribution in [2.45, 2.75) is 20.0 Å². The minimum atomic E-state index is -0.192. The van der Waals surface area contributed by atoms with Crippen LogP contribution < -0.4 is 5.32 Å². The molecule has 17 heavy (non-hydrogen) atoms. The smallest absolute Gasteiger partial charge is 0.123 e. The van der Waals surface area contributed by atoms with Crippen LogP contribution in [0.1, 0.15) is 16.7 Å². The number of aromatic nitrogens is 2. The van der Waals surface area contributed by atoms with E-state index in [4.69, 9.17) is 0 Å². The molecule has 1 aromatic heterocycles. The summed E-state index contributed by atoms with van der Waals surface area (Å²) >= 11 is 0. The predicted molar refractivity (Wildman–Crippen MR) is 65.2 cm³/mol. The molecule has 1 heterocycles. The highest BCUT2D eigenvalue weighted by Crippen LogP contribution is 2.11.